The monoisotopic (exact) mass is 327 g/mol. The third-order valence-electron chi connectivity index (χ3n) is 4.11. The van der Waals surface area contributed by atoms with Gasteiger partial charge in [0.25, 0.3) is 0 Å². The average Bonchev–Trinajstić information content (AvgIpc) is 2.53. The highest BCUT2D eigenvalue weighted by molar-refractivity contribution is 5.80. The van der Waals surface area contributed by atoms with Gasteiger partial charge in [-0.3, -0.25) is 9.69 Å². The molecule has 126 valence electrons. The summed E-state index contributed by atoms with van der Waals surface area (Å²) in [5, 5.41) is 0. The number of aromatic nitrogens is 3. The van der Waals surface area contributed by atoms with E-state index in [0.717, 1.165) is 5.56 Å². The summed E-state index contributed by atoms with van der Waals surface area (Å²) in [4.78, 5) is 28.3. The predicted molar refractivity (Wildman–Crippen MR) is 90.9 cm³/mol. The van der Waals surface area contributed by atoms with Crippen LogP contribution in [0.5, 0.6) is 0 Å². The zero-order valence-corrected chi connectivity index (χ0v) is 13.8. The quantitative estimate of drug-likeness (QED) is 0.808. The summed E-state index contributed by atoms with van der Waals surface area (Å²) < 4.78 is 0. The minimum absolute atomic E-state index is 0.164. The number of benzene rings is 1. The van der Waals surface area contributed by atoms with Crippen molar-refractivity contribution in [3.05, 3.63) is 41.2 Å². The van der Waals surface area contributed by atoms with Crippen LogP contribution in [0.3, 0.4) is 0 Å². The highest BCUT2D eigenvalue weighted by atomic mass is 16.1. The van der Waals surface area contributed by atoms with Crippen molar-refractivity contribution in [3.8, 4) is 0 Å². The molecule has 2 heterocycles. The molecule has 4 N–H and O–H groups in total. The lowest BCUT2D eigenvalue weighted by molar-refractivity contribution is -0.124. The van der Waals surface area contributed by atoms with Crippen LogP contribution >= 0.6 is 0 Å². The van der Waals surface area contributed by atoms with Crippen molar-refractivity contribution in [2.75, 3.05) is 24.7 Å². The van der Waals surface area contributed by atoms with Crippen LogP contribution in [0.4, 0.5) is 11.9 Å². The molecule has 1 aromatic heterocycles. The molecule has 8 nitrogen and oxygen atoms in total. The fourth-order valence-electron chi connectivity index (χ4n) is 2.90. The molecule has 2 aromatic rings. The standard InChI is InChI=1S/C16H21N7O/c1-22(2)16-20-13(19-15(18)21-16)9-23-8-11-6-4-3-5-10(11)7-12(23)14(17)24/h3-6,12H,7-9H2,1-2H3,(H2,17,24)(H2,18,19,20,21)/t12-/m0/s1. The molecule has 0 bridgehead atoms. The van der Waals surface area contributed by atoms with Gasteiger partial charge in [-0.15, -0.1) is 0 Å². The Bertz CT molecular complexity index is 762. The first-order valence-corrected chi connectivity index (χ1v) is 7.72. The van der Waals surface area contributed by atoms with Crippen LogP contribution in [0.15, 0.2) is 24.3 Å². The molecule has 1 aliphatic rings. The number of nitrogens with two attached hydrogens (primary N) is 2. The number of primary amides is 1. The van der Waals surface area contributed by atoms with Crippen LogP contribution in [0.1, 0.15) is 17.0 Å². The van der Waals surface area contributed by atoms with E-state index in [-0.39, 0.29) is 17.9 Å². The number of hydrogen-bond acceptors (Lipinski definition) is 7. The van der Waals surface area contributed by atoms with Crippen LogP contribution in [-0.2, 0) is 24.3 Å². The Morgan fingerprint density at radius 2 is 1.96 bits per heavy atom. The summed E-state index contributed by atoms with van der Waals surface area (Å²) in [6, 6.07) is 7.68. The summed E-state index contributed by atoms with van der Waals surface area (Å²) >= 11 is 0. The van der Waals surface area contributed by atoms with Crippen molar-refractivity contribution >= 4 is 17.8 Å². The molecule has 0 spiro atoms. The number of nitrogen functional groups attached to an aromatic ring is 1. The Kier molecular flexibility index (Phi) is 4.30. The molecule has 8 heteroatoms. The first kappa shape index (κ1) is 16.1. The van der Waals surface area contributed by atoms with E-state index < -0.39 is 0 Å². The van der Waals surface area contributed by atoms with Gasteiger partial charge >= 0.3 is 0 Å². The number of hydrogen-bond donors (Lipinski definition) is 2. The molecule has 0 aliphatic carbocycles. The van der Waals surface area contributed by atoms with E-state index in [4.69, 9.17) is 11.5 Å². The van der Waals surface area contributed by atoms with Gasteiger partial charge in [0.05, 0.1) is 12.6 Å². The SMILES string of the molecule is CN(C)c1nc(N)nc(CN2Cc3ccccc3C[C@H]2C(N)=O)n1. The number of nitrogens with zero attached hydrogens (tertiary/aromatic N) is 5. The van der Waals surface area contributed by atoms with Crippen molar-refractivity contribution in [2.24, 2.45) is 5.73 Å². The van der Waals surface area contributed by atoms with Gasteiger partial charge in [0.15, 0.2) is 0 Å². The minimum atomic E-state index is -0.388. The molecule has 0 fully saturated rings. The lowest BCUT2D eigenvalue weighted by Crippen LogP contribution is -2.48. The second-order valence-corrected chi connectivity index (χ2v) is 6.10. The maximum Gasteiger partial charge on any atom is 0.235 e. The number of carbonyl (C=O) groups excluding carboxylic acids is 1. The second kappa shape index (κ2) is 6.40. The molecule has 0 saturated heterocycles. The van der Waals surface area contributed by atoms with Crippen molar-refractivity contribution in [1.82, 2.24) is 19.9 Å². The molecule has 24 heavy (non-hydrogen) atoms. The van der Waals surface area contributed by atoms with Crippen molar-refractivity contribution < 1.29 is 4.79 Å². The summed E-state index contributed by atoms with van der Waals surface area (Å²) in [6.07, 6.45) is 0.590. The number of carbonyl (C=O) groups is 1. The summed E-state index contributed by atoms with van der Waals surface area (Å²) in [5.41, 5.74) is 13.7. The molecule has 1 aliphatic heterocycles. The molecule has 0 unspecified atom stereocenters. The van der Waals surface area contributed by atoms with Gasteiger partial charge in [-0.2, -0.15) is 15.0 Å². The number of fused-ring (bicyclic) bond motifs is 1. The first-order chi connectivity index (χ1) is 11.4. The normalized spacial score (nSPS) is 17.3. The van der Waals surface area contributed by atoms with Crippen LogP contribution < -0.4 is 16.4 Å². The van der Waals surface area contributed by atoms with E-state index >= 15 is 0 Å². The fourth-order valence-corrected chi connectivity index (χ4v) is 2.90. The lowest BCUT2D eigenvalue weighted by Gasteiger charge is -2.34. The maximum absolute atomic E-state index is 11.9. The average molecular weight is 327 g/mol. The van der Waals surface area contributed by atoms with Gasteiger partial charge in [0, 0.05) is 20.6 Å². The van der Waals surface area contributed by atoms with Gasteiger partial charge in [-0.05, 0) is 17.5 Å². The molecule has 0 saturated carbocycles. The van der Waals surface area contributed by atoms with Crippen LogP contribution in [0, 0.1) is 0 Å². The largest absolute Gasteiger partial charge is 0.368 e. The lowest BCUT2D eigenvalue weighted by atomic mass is 9.93. The fraction of sp³-hybridized carbons (Fsp3) is 0.375. The summed E-state index contributed by atoms with van der Waals surface area (Å²) in [5.74, 6) is 0.832. The number of anilines is 2. The van der Waals surface area contributed by atoms with Crippen molar-refractivity contribution in [3.63, 3.8) is 0 Å². The Hall–Kier alpha value is -2.74. The van der Waals surface area contributed by atoms with Crippen molar-refractivity contribution in [1.29, 1.82) is 0 Å². The van der Waals surface area contributed by atoms with Gasteiger partial charge in [0.2, 0.25) is 17.8 Å². The predicted octanol–water partition coefficient (Wildman–Crippen LogP) is -0.0680. The molecule has 1 atom stereocenters. The third-order valence-corrected chi connectivity index (χ3v) is 4.11. The molecule has 0 radical (unpaired) electrons. The van der Waals surface area contributed by atoms with Crippen LogP contribution in [0.2, 0.25) is 0 Å². The molecule has 3 rings (SSSR count). The Morgan fingerprint density at radius 3 is 2.62 bits per heavy atom. The third kappa shape index (κ3) is 3.28. The van der Waals surface area contributed by atoms with E-state index in [1.807, 2.05) is 37.2 Å². The summed E-state index contributed by atoms with van der Waals surface area (Å²) in [6.45, 7) is 1.00. The number of amides is 1. The molecule has 1 amide bonds. The van der Waals surface area contributed by atoms with Gasteiger partial charge in [-0.1, -0.05) is 24.3 Å². The summed E-state index contributed by atoms with van der Waals surface area (Å²) in [7, 11) is 3.67. The first-order valence-electron chi connectivity index (χ1n) is 7.72. The van der Waals surface area contributed by atoms with E-state index in [9.17, 15) is 4.79 Å². The molecular formula is C16H21N7O. The van der Waals surface area contributed by atoms with Gasteiger partial charge in [-0.25, -0.2) is 0 Å². The Balaban J connectivity index is 1.89. The van der Waals surface area contributed by atoms with Gasteiger partial charge < -0.3 is 16.4 Å². The van der Waals surface area contributed by atoms with E-state index in [0.29, 0.717) is 31.3 Å². The Morgan fingerprint density at radius 1 is 1.25 bits per heavy atom. The van der Waals surface area contributed by atoms with E-state index in [1.54, 1.807) is 4.90 Å². The zero-order chi connectivity index (χ0) is 17.3. The van der Waals surface area contributed by atoms with Crippen LogP contribution in [0.25, 0.3) is 0 Å². The van der Waals surface area contributed by atoms with Gasteiger partial charge in [0.1, 0.15) is 5.82 Å². The number of rotatable bonds is 4. The maximum atomic E-state index is 11.9. The molecular weight excluding hydrogens is 306 g/mol. The highest BCUT2D eigenvalue weighted by Gasteiger charge is 2.30. The molecule has 1 aromatic carbocycles. The smallest absolute Gasteiger partial charge is 0.235 e. The highest BCUT2D eigenvalue weighted by Crippen LogP contribution is 2.24. The zero-order valence-electron chi connectivity index (χ0n) is 13.8. The second-order valence-electron chi connectivity index (χ2n) is 6.10. The topological polar surface area (TPSA) is 114 Å². The van der Waals surface area contributed by atoms with Crippen LogP contribution in [-0.4, -0.2) is 45.9 Å². The van der Waals surface area contributed by atoms with E-state index in [1.165, 1.54) is 5.56 Å². The Labute approximate surface area is 140 Å². The van der Waals surface area contributed by atoms with Crippen molar-refractivity contribution in [2.45, 2.75) is 25.6 Å². The minimum Gasteiger partial charge on any atom is -0.368 e. The van der Waals surface area contributed by atoms with E-state index in [2.05, 4.69) is 21.0 Å².